The zero-order valence-corrected chi connectivity index (χ0v) is 21.2. The Morgan fingerprint density at radius 3 is 2.23 bits per heavy atom. The smallest absolute Gasteiger partial charge is 0.416 e. The van der Waals surface area contributed by atoms with Crippen LogP contribution >= 0.6 is 0 Å². The first kappa shape index (κ1) is 26.6. The second-order valence-corrected chi connectivity index (χ2v) is 10.1. The summed E-state index contributed by atoms with van der Waals surface area (Å²) in [5.74, 6) is 0.541. The number of anilines is 2. The number of alkyl halides is 3. The van der Waals surface area contributed by atoms with Crippen LogP contribution in [-0.2, 0) is 11.0 Å². The number of carbonyl (C=O) groups is 2. The molecular weight excluding hydrogens is 509 g/mol. The summed E-state index contributed by atoms with van der Waals surface area (Å²) < 4.78 is 44.3. The standard InChI is InChI=1S/C30H29F3N2O4/c31-30(32,33)24-10-12-25(13-11-24)34-29(38)35-15-16-39-27-18-23(9-14-26(27)35)22-7-5-21(6-8-22)20-3-1-19(2-4-20)17-28(36)37/h5-14,18-20H,1-4,15-17H2,(H,34,38)(H,36,37)/t19-,20-. The molecule has 1 heterocycles. The van der Waals surface area contributed by atoms with E-state index in [-0.39, 0.29) is 18.0 Å². The van der Waals surface area contributed by atoms with Crippen molar-refractivity contribution in [1.29, 1.82) is 0 Å². The van der Waals surface area contributed by atoms with Gasteiger partial charge in [0.2, 0.25) is 0 Å². The summed E-state index contributed by atoms with van der Waals surface area (Å²) in [4.78, 5) is 25.4. The summed E-state index contributed by atoms with van der Waals surface area (Å²) in [5.41, 5.74) is 3.29. The van der Waals surface area contributed by atoms with Gasteiger partial charge < -0.3 is 15.2 Å². The van der Waals surface area contributed by atoms with Crippen molar-refractivity contribution in [2.45, 2.75) is 44.2 Å². The Labute approximate surface area is 224 Å². The average Bonchev–Trinajstić information content (AvgIpc) is 2.92. The maximum absolute atomic E-state index is 12.9. The molecule has 204 valence electrons. The Kier molecular flexibility index (Phi) is 7.50. The second-order valence-electron chi connectivity index (χ2n) is 10.1. The highest BCUT2D eigenvalue weighted by Gasteiger charge is 2.30. The number of amides is 2. The summed E-state index contributed by atoms with van der Waals surface area (Å²) in [6.45, 7) is 0.600. The molecule has 3 aromatic carbocycles. The zero-order valence-electron chi connectivity index (χ0n) is 21.2. The molecule has 0 spiro atoms. The maximum atomic E-state index is 12.9. The van der Waals surface area contributed by atoms with Crippen LogP contribution in [0.3, 0.4) is 0 Å². The third-order valence-electron chi connectivity index (χ3n) is 7.56. The minimum atomic E-state index is -4.44. The van der Waals surface area contributed by atoms with Crippen molar-refractivity contribution in [3.63, 3.8) is 0 Å². The molecule has 0 saturated heterocycles. The average molecular weight is 539 g/mol. The molecule has 5 rings (SSSR count). The topological polar surface area (TPSA) is 78.9 Å². The number of nitrogens with zero attached hydrogens (tertiary/aromatic N) is 1. The molecule has 0 bridgehead atoms. The van der Waals surface area contributed by atoms with Crippen LogP contribution < -0.4 is 15.0 Å². The minimum Gasteiger partial charge on any atom is -0.490 e. The molecular formula is C30H29F3N2O4. The molecule has 2 N–H and O–H groups in total. The third-order valence-corrected chi connectivity index (χ3v) is 7.56. The van der Waals surface area contributed by atoms with Crippen molar-refractivity contribution in [3.8, 4) is 16.9 Å². The van der Waals surface area contributed by atoms with E-state index in [2.05, 4.69) is 29.6 Å². The molecule has 2 amide bonds. The fourth-order valence-electron chi connectivity index (χ4n) is 5.44. The monoisotopic (exact) mass is 538 g/mol. The number of carbonyl (C=O) groups excluding carboxylic acids is 1. The summed E-state index contributed by atoms with van der Waals surface area (Å²) in [6, 6.07) is 17.9. The van der Waals surface area contributed by atoms with Crippen LogP contribution in [0.1, 0.15) is 49.1 Å². The van der Waals surface area contributed by atoms with Crippen molar-refractivity contribution in [1.82, 2.24) is 0 Å². The van der Waals surface area contributed by atoms with E-state index in [1.54, 1.807) is 0 Å². The first-order valence-electron chi connectivity index (χ1n) is 13.0. The van der Waals surface area contributed by atoms with Gasteiger partial charge in [-0.3, -0.25) is 9.69 Å². The number of hydrogen-bond acceptors (Lipinski definition) is 3. The predicted octanol–water partition coefficient (Wildman–Crippen LogP) is 7.55. The van der Waals surface area contributed by atoms with Crippen LogP contribution in [0.15, 0.2) is 66.7 Å². The van der Waals surface area contributed by atoms with Crippen LogP contribution in [0, 0.1) is 5.92 Å². The van der Waals surface area contributed by atoms with Crippen LogP contribution in [-0.4, -0.2) is 30.3 Å². The van der Waals surface area contributed by atoms with Gasteiger partial charge in [-0.05, 0) is 90.6 Å². The van der Waals surface area contributed by atoms with E-state index in [1.165, 1.54) is 22.6 Å². The predicted molar refractivity (Wildman–Crippen MR) is 142 cm³/mol. The highest BCUT2D eigenvalue weighted by atomic mass is 19.4. The minimum absolute atomic E-state index is 0.250. The van der Waals surface area contributed by atoms with E-state index in [1.807, 2.05) is 18.2 Å². The number of hydrogen-bond donors (Lipinski definition) is 2. The van der Waals surface area contributed by atoms with E-state index in [4.69, 9.17) is 9.84 Å². The Hall–Kier alpha value is -4.01. The Balaban J connectivity index is 1.25. The number of urea groups is 1. The molecule has 0 aromatic heterocycles. The molecule has 1 aliphatic carbocycles. The Morgan fingerprint density at radius 1 is 0.923 bits per heavy atom. The van der Waals surface area contributed by atoms with Crippen LogP contribution in [0.25, 0.3) is 11.1 Å². The second kappa shape index (κ2) is 11.0. The van der Waals surface area contributed by atoms with Crippen molar-refractivity contribution in [2.24, 2.45) is 5.92 Å². The number of rotatable bonds is 5. The van der Waals surface area contributed by atoms with Gasteiger partial charge in [0.15, 0.2) is 0 Å². The van der Waals surface area contributed by atoms with Gasteiger partial charge in [0.25, 0.3) is 0 Å². The van der Waals surface area contributed by atoms with Gasteiger partial charge in [-0.2, -0.15) is 13.2 Å². The molecule has 0 unspecified atom stereocenters. The molecule has 9 heteroatoms. The van der Waals surface area contributed by atoms with Gasteiger partial charge in [0.1, 0.15) is 12.4 Å². The number of carboxylic acid groups (broad SMARTS) is 1. The van der Waals surface area contributed by atoms with Crippen LogP contribution in [0.5, 0.6) is 5.75 Å². The summed E-state index contributed by atoms with van der Waals surface area (Å²) in [6.07, 6.45) is -0.330. The van der Waals surface area contributed by atoms with Gasteiger partial charge in [-0.1, -0.05) is 30.3 Å². The fourth-order valence-corrected chi connectivity index (χ4v) is 5.44. The van der Waals surface area contributed by atoms with Crippen molar-refractivity contribution < 1.29 is 32.6 Å². The SMILES string of the molecule is O=C(O)C[C@H]1CC[C@H](c2ccc(-c3ccc4c(c3)OCCN4C(=O)Nc3ccc(C(F)(F)F)cc3)cc2)CC1. The number of ether oxygens (including phenoxy) is 1. The van der Waals surface area contributed by atoms with Crippen molar-refractivity contribution in [3.05, 3.63) is 77.9 Å². The first-order chi connectivity index (χ1) is 18.7. The van der Waals surface area contributed by atoms with Crippen LogP contribution in [0.2, 0.25) is 0 Å². The molecule has 1 fully saturated rings. The Morgan fingerprint density at radius 2 is 1.59 bits per heavy atom. The van der Waals surface area contributed by atoms with Gasteiger partial charge >= 0.3 is 18.2 Å². The molecule has 6 nitrogen and oxygen atoms in total. The van der Waals surface area contributed by atoms with E-state index in [9.17, 15) is 22.8 Å². The molecule has 0 atom stereocenters. The highest BCUT2D eigenvalue weighted by molar-refractivity contribution is 6.03. The molecule has 39 heavy (non-hydrogen) atoms. The number of nitrogens with one attached hydrogen (secondary N) is 1. The normalized spacial score (nSPS) is 19.1. The number of halogens is 3. The fraction of sp³-hybridized carbons (Fsp3) is 0.333. The molecule has 3 aromatic rings. The lowest BCUT2D eigenvalue weighted by Crippen LogP contribution is -2.40. The maximum Gasteiger partial charge on any atom is 0.416 e. The lowest BCUT2D eigenvalue weighted by Gasteiger charge is -2.30. The summed E-state index contributed by atoms with van der Waals surface area (Å²) >= 11 is 0. The van der Waals surface area contributed by atoms with E-state index in [0.717, 1.165) is 48.9 Å². The van der Waals surface area contributed by atoms with Crippen molar-refractivity contribution >= 4 is 23.4 Å². The Bertz CT molecular complexity index is 1330. The lowest BCUT2D eigenvalue weighted by molar-refractivity contribution is -0.139. The van der Waals surface area contributed by atoms with E-state index >= 15 is 0 Å². The van der Waals surface area contributed by atoms with Gasteiger partial charge in [0, 0.05) is 12.1 Å². The molecule has 0 radical (unpaired) electrons. The van der Waals surface area contributed by atoms with E-state index < -0.39 is 23.7 Å². The van der Waals surface area contributed by atoms with Crippen LogP contribution in [0.4, 0.5) is 29.3 Å². The molecule has 2 aliphatic rings. The number of benzene rings is 3. The zero-order chi connectivity index (χ0) is 27.6. The summed E-state index contributed by atoms with van der Waals surface area (Å²) in [7, 11) is 0. The lowest BCUT2D eigenvalue weighted by atomic mass is 9.77. The van der Waals surface area contributed by atoms with Gasteiger partial charge in [0.05, 0.1) is 17.8 Å². The largest absolute Gasteiger partial charge is 0.490 e. The quantitative estimate of drug-likeness (QED) is 0.352. The first-order valence-corrected chi connectivity index (χ1v) is 13.0. The van der Waals surface area contributed by atoms with Gasteiger partial charge in [-0.15, -0.1) is 0 Å². The molecule has 1 aliphatic heterocycles. The molecule has 1 saturated carbocycles. The van der Waals surface area contributed by atoms with Crippen molar-refractivity contribution in [2.75, 3.05) is 23.4 Å². The third kappa shape index (κ3) is 6.19. The number of carboxylic acids is 1. The number of aliphatic carboxylic acids is 1. The van der Waals surface area contributed by atoms with Gasteiger partial charge in [-0.25, -0.2) is 4.79 Å². The number of fused-ring (bicyclic) bond motifs is 1. The van der Waals surface area contributed by atoms with E-state index in [0.29, 0.717) is 30.5 Å². The summed E-state index contributed by atoms with van der Waals surface area (Å²) in [5, 5.41) is 11.7. The highest BCUT2D eigenvalue weighted by Crippen LogP contribution is 2.39.